The zero-order valence-corrected chi connectivity index (χ0v) is 9.40. The molecule has 0 radical (unpaired) electrons. The van der Waals surface area contributed by atoms with E-state index in [4.69, 9.17) is 11.0 Å². The lowest BCUT2D eigenvalue weighted by molar-refractivity contribution is 0.841. The van der Waals surface area contributed by atoms with Gasteiger partial charge in [0, 0.05) is 0 Å². The van der Waals surface area contributed by atoms with E-state index in [-0.39, 0.29) is 0 Å². The summed E-state index contributed by atoms with van der Waals surface area (Å²) < 4.78 is 1.52. The number of aromatic nitrogens is 3. The van der Waals surface area contributed by atoms with Gasteiger partial charge in [-0.2, -0.15) is 14.9 Å². The Hall–Kier alpha value is -2.00. The molecule has 5 nitrogen and oxygen atoms in total. The van der Waals surface area contributed by atoms with E-state index in [0.717, 1.165) is 5.69 Å². The highest BCUT2D eigenvalue weighted by Gasteiger charge is 2.07. The Morgan fingerprint density at radius 2 is 2.31 bits per heavy atom. The molecule has 0 bridgehead atoms. The Labute approximate surface area is 96.9 Å². The number of nitrogens with two attached hydrogens (primary N) is 1. The van der Waals surface area contributed by atoms with E-state index in [1.54, 1.807) is 18.2 Å². The molecular formula is C10H9N5S. The molecule has 0 saturated heterocycles. The molecule has 0 aliphatic rings. The molecular weight excluding hydrogens is 222 g/mol. The standard InChI is InChI=1S/C10H9N5S/c1-16-10-13-9(12)15(14-10)8-4-2-3-7(5-8)6-11/h2-5H,1H3,(H2,12,13,14). The van der Waals surface area contributed by atoms with Crippen molar-refractivity contribution >= 4 is 17.7 Å². The molecule has 1 heterocycles. The van der Waals surface area contributed by atoms with E-state index in [1.165, 1.54) is 16.4 Å². The van der Waals surface area contributed by atoms with Gasteiger partial charge < -0.3 is 5.73 Å². The maximum atomic E-state index is 8.80. The molecule has 80 valence electrons. The molecule has 2 N–H and O–H groups in total. The number of hydrogen-bond donors (Lipinski definition) is 1. The molecule has 16 heavy (non-hydrogen) atoms. The first-order valence-electron chi connectivity index (χ1n) is 4.51. The van der Waals surface area contributed by atoms with Crippen molar-refractivity contribution in [2.45, 2.75) is 5.16 Å². The monoisotopic (exact) mass is 231 g/mol. The van der Waals surface area contributed by atoms with Crippen molar-refractivity contribution in [2.75, 3.05) is 12.0 Å². The van der Waals surface area contributed by atoms with Crippen LogP contribution in [0.25, 0.3) is 5.69 Å². The van der Waals surface area contributed by atoms with Crippen LogP contribution in [0, 0.1) is 11.3 Å². The maximum absolute atomic E-state index is 8.80. The summed E-state index contributed by atoms with van der Waals surface area (Å²) in [5.41, 5.74) is 7.04. The fourth-order valence-corrected chi connectivity index (χ4v) is 1.64. The van der Waals surface area contributed by atoms with E-state index in [1.807, 2.05) is 12.3 Å². The van der Waals surface area contributed by atoms with Gasteiger partial charge in [-0.05, 0) is 24.5 Å². The van der Waals surface area contributed by atoms with Gasteiger partial charge in [0.2, 0.25) is 11.1 Å². The summed E-state index contributed by atoms with van der Waals surface area (Å²) >= 11 is 1.42. The van der Waals surface area contributed by atoms with Gasteiger partial charge in [0.05, 0.1) is 17.3 Å². The summed E-state index contributed by atoms with van der Waals surface area (Å²) in [6.45, 7) is 0. The topological polar surface area (TPSA) is 80.5 Å². The summed E-state index contributed by atoms with van der Waals surface area (Å²) in [4.78, 5) is 4.07. The number of anilines is 1. The average molecular weight is 231 g/mol. The summed E-state index contributed by atoms with van der Waals surface area (Å²) in [7, 11) is 0. The van der Waals surface area contributed by atoms with Gasteiger partial charge in [-0.25, -0.2) is 0 Å². The summed E-state index contributed by atoms with van der Waals surface area (Å²) in [5.74, 6) is 0.319. The van der Waals surface area contributed by atoms with Gasteiger partial charge in [0.15, 0.2) is 0 Å². The third kappa shape index (κ3) is 1.85. The van der Waals surface area contributed by atoms with Gasteiger partial charge >= 0.3 is 0 Å². The first-order chi connectivity index (χ1) is 7.74. The second kappa shape index (κ2) is 4.24. The van der Waals surface area contributed by atoms with Crippen LogP contribution < -0.4 is 5.73 Å². The Bertz CT molecular complexity index is 555. The highest BCUT2D eigenvalue weighted by molar-refractivity contribution is 7.98. The molecule has 0 amide bonds. The van der Waals surface area contributed by atoms with Crippen LogP contribution in [0.15, 0.2) is 29.4 Å². The van der Waals surface area contributed by atoms with E-state index in [0.29, 0.717) is 16.7 Å². The molecule has 0 unspecified atom stereocenters. The third-order valence-corrected chi connectivity index (χ3v) is 2.55. The molecule has 0 atom stereocenters. The Morgan fingerprint density at radius 1 is 1.50 bits per heavy atom. The summed E-state index contributed by atoms with van der Waals surface area (Å²) in [6.07, 6.45) is 1.88. The lowest BCUT2D eigenvalue weighted by Gasteiger charge is -2.01. The lowest BCUT2D eigenvalue weighted by atomic mass is 10.2. The second-order valence-electron chi connectivity index (χ2n) is 3.03. The van der Waals surface area contributed by atoms with E-state index in [2.05, 4.69) is 16.2 Å². The highest BCUT2D eigenvalue weighted by Crippen LogP contribution is 2.16. The lowest BCUT2D eigenvalue weighted by Crippen LogP contribution is -2.02. The molecule has 1 aromatic heterocycles. The first kappa shape index (κ1) is 10.5. The van der Waals surface area contributed by atoms with Crippen LogP contribution in [0.1, 0.15) is 5.56 Å². The molecule has 0 saturated carbocycles. The van der Waals surface area contributed by atoms with Gasteiger partial charge in [0.1, 0.15) is 0 Å². The molecule has 0 aliphatic heterocycles. The predicted molar refractivity (Wildman–Crippen MR) is 62.3 cm³/mol. The number of nitriles is 1. The van der Waals surface area contributed by atoms with Crippen LogP contribution in [0.3, 0.4) is 0 Å². The van der Waals surface area contributed by atoms with Crippen molar-refractivity contribution in [1.29, 1.82) is 5.26 Å². The van der Waals surface area contributed by atoms with Crippen molar-refractivity contribution in [3.05, 3.63) is 29.8 Å². The number of rotatable bonds is 2. The average Bonchev–Trinajstić information content (AvgIpc) is 2.71. The van der Waals surface area contributed by atoms with E-state index in [9.17, 15) is 0 Å². The Balaban J connectivity index is 2.50. The largest absolute Gasteiger partial charge is 0.368 e. The number of benzene rings is 1. The Morgan fingerprint density at radius 3 is 2.94 bits per heavy atom. The maximum Gasteiger partial charge on any atom is 0.224 e. The molecule has 0 spiro atoms. The predicted octanol–water partition coefficient (Wildman–Crippen LogP) is 1.44. The van der Waals surface area contributed by atoms with Gasteiger partial charge in [-0.15, -0.1) is 5.10 Å². The van der Waals surface area contributed by atoms with Gasteiger partial charge in [0.25, 0.3) is 0 Å². The number of thioether (sulfide) groups is 1. The number of hydrogen-bond acceptors (Lipinski definition) is 5. The quantitative estimate of drug-likeness (QED) is 0.791. The van der Waals surface area contributed by atoms with Crippen LogP contribution >= 0.6 is 11.8 Å². The van der Waals surface area contributed by atoms with Gasteiger partial charge in [-0.1, -0.05) is 17.8 Å². The van der Waals surface area contributed by atoms with E-state index < -0.39 is 0 Å². The number of nitrogen functional groups attached to an aromatic ring is 1. The third-order valence-electron chi connectivity index (χ3n) is 2.02. The van der Waals surface area contributed by atoms with Crippen molar-refractivity contribution in [3.63, 3.8) is 0 Å². The molecule has 1 aromatic carbocycles. The van der Waals surface area contributed by atoms with Crippen LogP contribution in [-0.2, 0) is 0 Å². The SMILES string of the molecule is CSc1nc(N)n(-c2cccc(C#N)c2)n1. The van der Waals surface area contributed by atoms with Gasteiger partial charge in [-0.3, -0.25) is 0 Å². The number of nitrogens with zero attached hydrogens (tertiary/aromatic N) is 4. The minimum absolute atomic E-state index is 0.319. The highest BCUT2D eigenvalue weighted by atomic mass is 32.2. The fraction of sp³-hybridized carbons (Fsp3) is 0.100. The normalized spacial score (nSPS) is 10.0. The van der Waals surface area contributed by atoms with Crippen molar-refractivity contribution in [1.82, 2.24) is 14.8 Å². The van der Waals surface area contributed by atoms with Crippen LogP contribution in [-0.4, -0.2) is 21.0 Å². The Kier molecular flexibility index (Phi) is 2.79. The first-order valence-corrected chi connectivity index (χ1v) is 5.74. The smallest absolute Gasteiger partial charge is 0.224 e. The molecule has 6 heteroatoms. The van der Waals surface area contributed by atoms with Crippen LogP contribution in [0.5, 0.6) is 0 Å². The minimum atomic E-state index is 0.319. The zero-order valence-electron chi connectivity index (χ0n) is 8.58. The molecule has 2 rings (SSSR count). The van der Waals surface area contributed by atoms with Crippen LogP contribution in [0.4, 0.5) is 5.95 Å². The van der Waals surface area contributed by atoms with Crippen molar-refractivity contribution in [2.24, 2.45) is 0 Å². The van der Waals surface area contributed by atoms with E-state index >= 15 is 0 Å². The molecule has 0 fully saturated rings. The molecule has 0 aliphatic carbocycles. The minimum Gasteiger partial charge on any atom is -0.368 e. The van der Waals surface area contributed by atoms with Crippen molar-refractivity contribution in [3.8, 4) is 11.8 Å². The fourth-order valence-electron chi connectivity index (χ4n) is 1.29. The zero-order chi connectivity index (χ0) is 11.5. The second-order valence-corrected chi connectivity index (χ2v) is 3.80. The van der Waals surface area contributed by atoms with Crippen molar-refractivity contribution < 1.29 is 0 Å². The molecule has 2 aromatic rings. The summed E-state index contributed by atoms with van der Waals surface area (Å²) in [6, 6.07) is 9.13. The summed E-state index contributed by atoms with van der Waals surface area (Å²) in [5, 5.41) is 13.6. The van der Waals surface area contributed by atoms with Crippen LogP contribution in [0.2, 0.25) is 0 Å².